The van der Waals surface area contributed by atoms with Gasteiger partial charge in [0.15, 0.2) is 0 Å². The minimum atomic E-state index is 0.174. The third kappa shape index (κ3) is 4.15. The Labute approximate surface area is 253 Å². The van der Waals surface area contributed by atoms with Crippen LogP contribution in [0.2, 0.25) is 0 Å². The van der Waals surface area contributed by atoms with E-state index in [2.05, 4.69) is 161 Å². The number of nitrogens with zero attached hydrogens (tertiary/aromatic N) is 2. The number of fused-ring (bicyclic) bond motifs is 3. The van der Waals surface area contributed by atoms with Gasteiger partial charge in [-0.2, -0.15) is 0 Å². The molecule has 4 aliphatic rings. The zero-order valence-electron chi connectivity index (χ0n) is 26.2. The molecule has 0 saturated carbocycles. The van der Waals surface area contributed by atoms with Crippen molar-refractivity contribution < 1.29 is 0 Å². The highest BCUT2D eigenvalue weighted by Crippen LogP contribution is 2.49. The minimum Gasteiger partial charge on any atom is -0.312 e. The average Bonchev–Trinajstić information content (AvgIpc) is 2.96. The van der Waals surface area contributed by atoms with E-state index < -0.39 is 0 Å². The Kier molecular flexibility index (Phi) is 6.24. The van der Waals surface area contributed by atoms with Crippen molar-refractivity contribution in [3.63, 3.8) is 0 Å². The number of hydrogen-bond donors (Lipinski definition) is 0. The summed E-state index contributed by atoms with van der Waals surface area (Å²) in [5.41, 5.74) is 12.6. The highest BCUT2D eigenvalue weighted by Gasteiger charge is 2.48. The third-order valence-electron chi connectivity index (χ3n) is 10.1. The summed E-state index contributed by atoms with van der Waals surface area (Å²) in [6.45, 7) is 17.0. The molecule has 0 radical (unpaired) electrons. The molecular weight excluding hydrogens is 507 g/mol. The van der Waals surface area contributed by atoms with Crippen LogP contribution in [0.3, 0.4) is 0 Å². The molecule has 2 unspecified atom stereocenters. The fourth-order valence-electron chi connectivity index (χ4n) is 7.99. The average molecular weight is 551 g/mol. The molecule has 3 heteroatoms. The van der Waals surface area contributed by atoms with E-state index in [4.69, 9.17) is 0 Å². The maximum Gasteiger partial charge on any atom is 0.247 e. The Hall–Kier alpha value is -3.72. The predicted molar refractivity (Wildman–Crippen MR) is 182 cm³/mol. The van der Waals surface area contributed by atoms with Crippen molar-refractivity contribution in [2.75, 3.05) is 9.80 Å². The maximum absolute atomic E-state index is 2.59. The summed E-state index contributed by atoms with van der Waals surface area (Å²) in [6.07, 6.45) is 13.4. The molecule has 3 aromatic carbocycles. The topological polar surface area (TPSA) is 6.48 Å². The number of hydrogen-bond acceptors (Lipinski definition) is 2. The second-order valence-corrected chi connectivity index (χ2v) is 14.8. The molecule has 2 heterocycles. The van der Waals surface area contributed by atoms with E-state index in [-0.39, 0.29) is 17.5 Å². The lowest BCUT2D eigenvalue weighted by Gasteiger charge is -2.49. The Bertz CT molecular complexity index is 1660. The molecule has 0 saturated heterocycles. The molecule has 3 aromatic rings. The normalized spacial score (nSPS) is 23.0. The van der Waals surface area contributed by atoms with E-state index in [0.717, 1.165) is 6.42 Å². The second kappa shape index (κ2) is 9.66. The minimum absolute atomic E-state index is 0.174. The van der Waals surface area contributed by atoms with Gasteiger partial charge in [-0.25, -0.2) is 0 Å². The van der Waals surface area contributed by atoms with Gasteiger partial charge in [-0.1, -0.05) is 115 Å². The van der Waals surface area contributed by atoms with Crippen LogP contribution in [0.1, 0.15) is 54.9 Å². The van der Waals surface area contributed by atoms with Crippen LogP contribution >= 0.6 is 0 Å². The summed E-state index contributed by atoms with van der Waals surface area (Å²) < 4.78 is 0. The Morgan fingerprint density at radius 3 is 2.02 bits per heavy atom. The van der Waals surface area contributed by atoms with Gasteiger partial charge in [0.05, 0.1) is 0 Å². The van der Waals surface area contributed by atoms with Gasteiger partial charge in [-0.15, -0.1) is 0 Å². The fourth-order valence-corrected chi connectivity index (χ4v) is 7.99. The van der Waals surface area contributed by atoms with Gasteiger partial charge < -0.3 is 9.80 Å². The molecule has 3 atom stereocenters. The molecule has 2 aliphatic carbocycles. The molecule has 0 aromatic heterocycles. The molecule has 42 heavy (non-hydrogen) atoms. The number of benzene rings is 3. The molecule has 2 aliphatic heterocycles. The first-order chi connectivity index (χ1) is 20.1. The summed E-state index contributed by atoms with van der Waals surface area (Å²) in [7, 11) is 0. The first-order valence-corrected chi connectivity index (χ1v) is 15.7. The van der Waals surface area contributed by atoms with Gasteiger partial charge in [0.25, 0.3) is 0 Å². The third-order valence-corrected chi connectivity index (χ3v) is 10.1. The van der Waals surface area contributed by atoms with Gasteiger partial charge in [-0.05, 0) is 88.4 Å². The standard InChI is InChI=1S/C39H43BN2/c1-26-30(39(5,6)7)24-25-35-36(26)40-31-16-11-12-17-32(31)41(28-14-9-8-10-15-28)33-18-13-19-34(37(33)40)42(35)29-22-20-27(21-23-29)38(2,3)4/h8-20,22-27,30H,21H2,1-7H3/t26?,27?,30-/m1/s1. The number of para-hydroxylation sites is 2. The highest BCUT2D eigenvalue weighted by molar-refractivity contribution is 6.95. The van der Waals surface area contributed by atoms with Crippen LogP contribution in [0.25, 0.3) is 0 Å². The van der Waals surface area contributed by atoms with Crippen molar-refractivity contribution in [1.29, 1.82) is 0 Å². The van der Waals surface area contributed by atoms with E-state index >= 15 is 0 Å². The molecule has 212 valence electrons. The van der Waals surface area contributed by atoms with Crippen LogP contribution in [0, 0.1) is 28.6 Å². The van der Waals surface area contributed by atoms with Crippen LogP contribution < -0.4 is 20.7 Å². The van der Waals surface area contributed by atoms with E-state index in [1.54, 1.807) is 5.47 Å². The summed E-state index contributed by atoms with van der Waals surface area (Å²) in [6, 6.07) is 26.9. The molecular formula is C39H43BN2. The van der Waals surface area contributed by atoms with Crippen molar-refractivity contribution in [1.82, 2.24) is 0 Å². The SMILES string of the molecule is CC1C2=C(C=C[C@H]1C(C)(C)C)N(C1=CCC(C(C)(C)C)C=C1)c1cccc3c1B2c1ccccc1N3c1ccccc1. The Balaban J connectivity index is 1.49. The molecule has 0 amide bonds. The van der Waals surface area contributed by atoms with Gasteiger partial charge in [-0.3, -0.25) is 0 Å². The summed E-state index contributed by atoms with van der Waals surface area (Å²) in [5, 5.41) is 0. The number of anilines is 4. The zero-order chi connectivity index (χ0) is 29.4. The van der Waals surface area contributed by atoms with Gasteiger partial charge in [0.2, 0.25) is 6.71 Å². The maximum atomic E-state index is 2.59. The van der Waals surface area contributed by atoms with E-state index in [1.807, 2.05) is 0 Å². The zero-order valence-corrected chi connectivity index (χ0v) is 26.2. The first kappa shape index (κ1) is 27.1. The van der Waals surface area contributed by atoms with Crippen LogP contribution in [0.4, 0.5) is 22.7 Å². The Morgan fingerprint density at radius 2 is 1.36 bits per heavy atom. The van der Waals surface area contributed by atoms with Crippen molar-refractivity contribution >= 4 is 40.4 Å². The van der Waals surface area contributed by atoms with Gasteiger partial charge in [0.1, 0.15) is 0 Å². The molecule has 0 bridgehead atoms. The lowest BCUT2D eigenvalue weighted by Crippen LogP contribution is -2.58. The number of rotatable bonds is 2. The van der Waals surface area contributed by atoms with Crippen LogP contribution in [0.5, 0.6) is 0 Å². The molecule has 0 spiro atoms. The van der Waals surface area contributed by atoms with Crippen molar-refractivity contribution in [2.45, 2.75) is 54.9 Å². The largest absolute Gasteiger partial charge is 0.312 e. The smallest absolute Gasteiger partial charge is 0.247 e. The molecule has 7 rings (SSSR count). The quantitative estimate of drug-likeness (QED) is 0.294. The fraction of sp³-hybridized carbons (Fsp3) is 0.333. The van der Waals surface area contributed by atoms with Crippen LogP contribution in [0.15, 0.2) is 120 Å². The van der Waals surface area contributed by atoms with E-state index in [1.165, 1.54) is 45.1 Å². The van der Waals surface area contributed by atoms with Crippen molar-refractivity contribution in [2.24, 2.45) is 28.6 Å². The van der Waals surface area contributed by atoms with Crippen molar-refractivity contribution in [3.05, 3.63) is 120 Å². The first-order valence-electron chi connectivity index (χ1n) is 15.7. The molecule has 0 N–H and O–H groups in total. The predicted octanol–water partition coefficient (Wildman–Crippen LogP) is 9.07. The van der Waals surface area contributed by atoms with Crippen molar-refractivity contribution in [3.8, 4) is 0 Å². The lowest BCUT2D eigenvalue weighted by molar-refractivity contribution is 0.240. The van der Waals surface area contributed by atoms with Gasteiger partial charge in [0, 0.05) is 34.1 Å². The molecule has 0 fully saturated rings. The second-order valence-electron chi connectivity index (χ2n) is 14.8. The van der Waals surface area contributed by atoms with Crippen LogP contribution in [-0.4, -0.2) is 6.71 Å². The Morgan fingerprint density at radius 1 is 0.690 bits per heavy atom. The van der Waals surface area contributed by atoms with Crippen LogP contribution in [-0.2, 0) is 0 Å². The molecule has 2 nitrogen and oxygen atoms in total. The monoisotopic (exact) mass is 550 g/mol. The lowest BCUT2D eigenvalue weighted by atomic mass is 9.30. The summed E-state index contributed by atoms with van der Waals surface area (Å²) in [5.74, 6) is 1.42. The van der Waals surface area contributed by atoms with Gasteiger partial charge >= 0.3 is 0 Å². The van der Waals surface area contributed by atoms with E-state index in [9.17, 15) is 0 Å². The summed E-state index contributed by atoms with van der Waals surface area (Å²) in [4.78, 5) is 5.07. The summed E-state index contributed by atoms with van der Waals surface area (Å²) >= 11 is 0. The van der Waals surface area contributed by atoms with E-state index in [0.29, 0.717) is 17.8 Å². The number of allylic oxidation sites excluding steroid dienone is 6. The highest BCUT2D eigenvalue weighted by atomic mass is 15.2.